The molecule has 3 N–H and O–H groups in total. The summed E-state index contributed by atoms with van der Waals surface area (Å²) < 4.78 is 14.1. The quantitative estimate of drug-likeness (QED) is 0.791. The fraction of sp³-hybridized carbons (Fsp3) is 0.333. The molecule has 1 aromatic rings. The summed E-state index contributed by atoms with van der Waals surface area (Å²) in [5.74, 6) is -1.61. The van der Waals surface area contributed by atoms with Crippen LogP contribution >= 0.6 is 15.9 Å². The lowest BCUT2D eigenvalue weighted by Gasteiger charge is -2.21. The normalized spacial score (nSPS) is 10.9. The maximum Gasteiger partial charge on any atom is 0.328 e. The third kappa shape index (κ3) is 4.51. The van der Waals surface area contributed by atoms with Gasteiger partial charge in [-0.15, -0.1) is 0 Å². The van der Waals surface area contributed by atoms with Gasteiger partial charge >= 0.3 is 12.0 Å². The first-order chi connectivity index (χ1) is 8.72. The zero-order valence-electron chi connectivity index (χ0n) is 10.5. The summed E-state index contributed by atoms with van der Waals surface area (Å²) >= 11 is 3.13. The number of amides is 2. The maximum absolute atomic E-state index is 13.5. The van der Waals surface area contributed by atoms with Crippen LogP contribution in [0.15, 0.2) is 22.7 Å². The van der Waals surface area contributed by atoms with Crippen molar-refractivity contribution in [3.63, 3.8) is 0 Å². The Morgan fingerprint density at radius 3 is 2.58 bits per heavy atom. The molecule has 0 radical (unpaired) electrons. The number of carbonyl (C=O) groups is 2. The molecule has 1 aromatic carbocycles. The zero-order chi connectivity index (χ0) is 14.6. The highest BCUT2D eigenvalue weighted by Crippen LogP contribution is 2.15. The molecular weight excluding hydrogens is 319 g/mol. The van der Waals surface area contributed by atoms with E-state index in [-0.39, 0.29) is 6.54 Å². The van der Waals surface area contributed by atoms with Crippen molar-refractivity contribution >= 4 is 27.9 Å². The first kappa shape index (κ1) is 15.4. The lowest BCUT2D eigenvalue weighted by Crippen LogP contribution is -2.53. The molecule has 19 heavy (non-hydrogen) atoms. The number of nitrogens with one attached hydrogen (secondary N) is 2. The molecule has 0 fully saturated rings. The molecule has 0 aliphatic carbocycles. The van der Waals surface area contributed by atoms with Crippen LogP contribution in [-0.4, -0.2) is 22.6 Å². The van der Waals surface area contributed by atoms with E-state index in [4.69, 9.17) is 5.11 Å². The average Bonchev–Trinajstić information content (AvgIpc) is 2.27. The van der Waals surface area contributed by atoms with Gasteiger partial charge in [0.1, 0.15) is 11.4 Å². The van der Waals surface area contributed by atoms with Gasteiger partial charge in [-0.25, -0.2) is 14.0 Å². The number of halogens is 2. The Balaban J connectivity index is 2.57. The number of rotatable bonds is 4. The van der Waals surface area contributed by atoms with E-state index in [0.29, 0.717) is 10.0 Å². The fourth-order valence-electron chi connectivity index (χ4n) is 1.22. The minimum absolute atomic E-state index is 0.0271. The van der Waals surface area contributed by atoms with Crippen molar-refractivity contribution in [1.29, 1.82) is 0 Å². The molecule has 0 spiro atoms. The van der Waals surface area contributed by atoms with Crippen LogP contribution in [0.4, 0.5) is 9.18 Å². The second-order valence-electron chi connectivity index (χ2n) is 4.47. The third-order valence-electron chi connectivity index (χ3n) is 2.42. The van der Waals surface area contributed by atoms with Gasteiger partial charge in [0.15, 0.2) is 0 Å². The van der Waals surface area contributed by atoms with Gasteiger partial charge in [-0.05, 0) is 26.0 Å². The molecule has 5 nitrogen and oxygen atoms in total. The fourth-order valence-corrected chi connectivity index (χ4v) is 1.56. The number of hydrogen-bond donors (Lipinski definition) is 3. The van der Waals surface area contributed by atoms with E-state index in [9.17, 15) is 14.0 Å². The molecule has 0 saturated carbocycles. The van der Waals surface area contributed by atoms with E-state index >= 15 is 0 Å². The Kier molecular flexibility index (Phi) is 4.88. The molecule has 0 aliphatic rings. The number of benzene rings is 1. The van der Waals surface area contributed by atoms with E-state index in [2.05, 4.69) is 26.6 Å². The highest BCUT2D eigenvalue weighted by molar-refractivity contribution is 9.10. The van der Waals surface area contributed by atoms with E-state index in [1.807, 2.05) is 0 Å². The van der Waals surface area contributed by atoms with Crippen LogP contribution in [0.3, 0.4) is 0 Å². The van der Waals surface area contributed by atoms with Crippen LogP contribution in [0, 0.1) is 5.82 Å². The van der Waals surface area contributed by atoms with Crippen LogP contribution in [0.5, 0.6) is 0 Å². The van der Waals surface area contributed by atoms with Gasteiger partial charge in [-0.1, -0.05) is 22.0 Å². The van der Waals surface area contributed by atoms with Gasteiger partial charge in [0.25, 0.3) is 0 Å². The van der Waals surface area contributed by atoms with Crippen LogP contribution in [-0.2, 0) is 11.3 Å². The Bertz CT molecular complexity index is 506. The van der Waals surface area contributed by atoms with Crippen molar-refractivity contribution in [3.8, 4) is 0 Å². The van der Waals surface area contributed by atoms with Crippen molar-refractivity contribution in [2.24, 2.45) is 0 Å². The molecule has 0 atom stereocenters. The summed E-state index contributed by atoms with van der Waals surface area (Å²) in [6, 6.07) is 3.80. The van der Waals surface area contributed by atoms with Crippen molar-refractivity contribution in [3.05, 3.63) is 34.1 Å². The minimum atomic E-state index is -1.39. The Morgan fingerprint density at radius 2 is 2.05 bits per heavy atom. The molecule has 0 saturated heterocycles. The van der Waals surface area contributed by atoms with Crippen molar-refractivity contribution in [2.45, 2.75) is 25.9 Å². The molecule has 0 heterocycles. The van der Waals surface area contributed by atoms with Crippen LogP contribution in [0.2, 0.25) is 0 Å². The summed E-state index contributed by atoms with van der Waals surface area (Å²) in [5, 5.41) is 13.5. The summed E-state index contributed by atoms with van der Waals surface area (Å²) in [6.45, 7) is 2.69. The Morgan fingerprint density at radius 1 is 1.42 bits per heavy atom. The van der Waals surface area contributed by atoms with E-state index < -0.39 is 23.4 Å². The molecule has 0 bridgehead atoms. The number of urea groups is 1. The number of carboxylic acids is 1. The predicted octanol–water partition coefficient (Wildman–Crippen LogP) is 2.25. The molecule has 104 valence electrons. The van der Waals surface area contributed by atoms with Gasteiger partial charge in [-0.2, -0.15) is 0 Å². The van der Waals surface area contributed by atoms with Gasteiger partial charge in [-0.3, -0.25) is 0 Å². The summed E-state index contributed by atoms with van der Waals surface area (Å²) in [4.78, 5) is 22.3. The summed E-state index contributed by atoms with van der Waals surface area (Å²) in [6.07, 6.45) is 0. The van der Waals surface area contributed by atoms with Crippen molar-refractivity contribution < 1.29 is 19.1 Å². The highest BCUT2D eigenvalue weighted by atomic mass is 79.9. The number of hydrogen-bond acceptors (Lipinski definition) is 2. The van der Waals surface area contributed by atoms with E-state index in [0.717, 1.165) is 0 Å². The second-order valence-corrected chi connectivity index (χ2v) is 5.39. The van der Waals surface area contributed by atoms with Gasteiger partial charge in [0.2, 0.25) is 0 Å². The first-order valence-corrected chi connectivity index (χ1v) is 6.25. The smallest absolute Gasteiger partial charge is 0.328 e. The summed E-state index contributed by atoms with van der Waals surface area (Å²) in [7, 11) is 0. The Labute approximate surface area is 118 Å². The van der Waals surface area contributed by atoms with Crippen molar-refractivity contribution in [1.82, 2.24) is 10.6 Å². The second kappa shape index (κ2) is 6.01. The van der Waals surface area contributed by atoms with Gasteiger partial charge in [0, 0.05) is 16.6 Å². The number of carbonyl (C=O) groups excluding carboxylic acids is 1. The standard InChI is InChI=1S/C12H14BrFN2O3/c1-12(2,10(17)18)16-11(19)15-6-7-3-4-8(13)5-9(7)14/h3-5H,6H2,1-2H3,(H,17,18)(H2,15,16,19). The first-order valence-electron chi connectivity index (χ1n) is 5.45. The minimum Gasteiger partial charge on any atom is -0.480 e. The van der Waals surface area contributed by atoms with Gasteiger partial charge < -0.3 is 15.7 Å². The molecule has 1 rings (SSSR count). The number of carboxylic acid groups (broad SMARTS) is 1. The van der Waals surface area contributed by atoms with Crippen LogP contribution < -0.4 is 10.6 Å². The van der Waals surface area contributed by atoms with Crippen LogP contribution in [0.25, 0.3) is 0 Å². The van der Waals surface area contributed by atoms with Crippen molar-refractivity contribution in [2.75, 3.05) is 0 Å². The van der Waals surface area contributed by atoms with E-state index in [1.54, 1.807) is 6.07 Å². The number of aliphatic carboxylic acids is 1. The SMILES string of the molecule is CC(C)(NC(=O)NCc1ccc(Br)cc1F)C(=O)O. The maximum atomic E-state index is 13.5. The third-order valence-corrected chi connectivity index (χ3v) is 2.91. The van der Waals surface area contributed by atoms with Gasteiger partial charge in [0.05, 0.1) is 0 Å². The highest BCUT2D eigenvalue weighted by Gasteiger charge is 2.28. The molecule has 2 amide bonds. The monoisotopic (exact) mass is 332 g/mol. The zero-order valence-corrected chi connectivity index (χ0v) is 12.0. The Hall–Kier alpha value is -1.63. The molecule has 0 unspecified atom stereocenters. The molecule has 0 aromatic heterocycles. The average molecular weight is 333 g/mol. The van der Waals surface area contributed by atoms with Crippen LogP contribution in [0.1, 0.15) is 19.4 Å². The lowest BCUT2D eigenvalue weighted by molar-refractivity contribution is -0.142. The molecular formula is C12H14BrFN2O3. The summed E-state index contributed by atoms with van der Waals surface area (Å²) in [5.41, 5.74) is -1.08. The largest absolute Gasteiger partial charge is 0.480 e. The molecule has 7 heteroatoms. The van der Waals surface area contributed by atoms with E-state index in [1.165, 1.54) is 26.0 Å². The predicted molar refractivity (Wildman–Crippen MR) is 71.2 cm³/mol. The lowest BCUT2D eigenvalue weighted by atomic mass is 10.1. The molecule has 0 aliphatic heterocycles. The topological polar surface area (TPSA) is 78.4 Å².